The number of hydrogen-bond donors (Lipinski definition) is 8. The van der Waals surface area contributed by atoms with E-state index in [1.54, 1.807) is 6.92 Å². The molecule has 3 atom stereocenters. The Morgan fingerprint density at radius 3 is 1.65 bits per heavy atom. The third kappa shape index (κ3) is 9.13. The number of carbonyl (C=O) groups excluding carboxylic acids is 3. The number of amides is 3. The summed E-state index contributed by atoms with van der Waals surface area (Å²) in [5.74, 6) is -1.61. The summed E-state index contributed by atoms with van der Waals surface area (Å²) in [6.07, 6.45) is -3.24. The average Bonchev–Trinajstić information content (AvgIpc) is 2.81. The molecule has 0 heterocycles. The van der Waals surface area contributed by atoms with Crippen molar-refractivity contribution in [2.24, 2.45) is 5.92 Å². The summed E-state index contributed by atoms with van der Waals surface area (Å²) in [4.78, 5) is 38.2. The molecule has 0 aliphatic carbocycles. The Hall–Kier alpha value is -0.580. The Labute approximate surface area is 236 Å². The molecule has 0 bridgehead atoms. The molecule has 0 fully saturated rings. The lowest BCUT2D eigenvalue weighted by Gasteiger charge is -2.20. The highest BCUT2D eigenvalue weighted by Crippen LogP contribution is 2.36. The van der Waals surface area contributed by atoms with E-state index in [9.17, 15) is 24.6 Å². The van der Waals surface area contributed by atoms with Crippen molar-refractivity contribution in [3.05, 3.63) is 21.8 Å². The number of aliphatic hydroxyl groups is 5. The lowest BCUT2D eigenvalue weighted by atomic mass is 10.1. The molecule has 3 unspecified atom stereocenters. The fourth-order valence-electron chi connectivity index (χ4n) is 2.31. The van der Waals surface area contributed by atoms with Crippen molar-refractivity contribution in [2.75, 3.05) is 44.8 Å². The number of hydrogen-bond acceptors (Lipinski definition) is 9. The van der Waals surface area contributed by atoms with Gasteiger partial charge in [-0.05, 0) is 67.8 Å². The SMILES string of the molecule is CC(CO)COC(=O)Nc1c(I)c(C(=O)NCC(O)CO)c(I)c(C(=O)NCC(O)CO)c1I. The van der Waals surface area contributed by atoms with Crippen molar-refractivity contribution in [1.29, 1.82) is 0 Å². The highest BCUT2D eigenvalue weighted by molar-refractivity contribution is 14.1. The number of carbonyl (C=O) groups is 3. The molecule has 1 aromatic rings. The Morgan fingerprint density at radius 2 is 1.26 bits per heavy atom. The highest BCUT2D eigenvalue weighted by atomic mass is 127. The van der Waals surface area contributed by atoms with E-state index in [0.717, 1.165) is 0 Å². The molecular formula is C19H26I3N3O9. The van der Waals surface area contributed by atoms with Crippen LogP contribution in [0.5, 0.6) is 0 Å². The van der Waals surface area contributed by atoms with E-state index in [1.165, 1.54) is 0 Å². The Balaban J connectivity index is 3.43. The molecule has 0 aliphatic heterocycles. The summed E-state index contributed by atoms with van der Waals surface area (Å²) in [5.41, 5.74) is 0.209. The van der Waals surface area contributed by atoms with Gasteiger partial charge in [-0.25, -0.2) is 4.79 Å². The lowest BCUT2D eigenvalue weighted by Crippen LogP contribution is -2.37. The second kappa shape index (κ2) is 15.5. The van der Waals surface area contributed by atoms with Crippen LogP contribution in [0.1, 0.15) is 27.6 Å². The largest absolute Gasteiger partial charge is 0.449 e. The summed E-state index contributed by atoms with van der Waals surface area (Å²) in [5, 5.41) is 53.6. The third-order valence-electron chi connectivity index (χ3n) is 4.23. The van der Waals surface area contributed by atoms with Gasteiger partial charge in [-0.1, -0.05) is 6.92 Å². The summed E-state index contributed by atoms with van der Waals surface area (Å²) < 4.78 is 5.91. The lowest BCUT2D eigenvalue weighted by molar-refractivity contribution is 0.0798. The standard InChI is InChI=1S/C19H26I3N3O9/c1-8(4-26)7-34-19(33)25-16-14(21)11(17(31)23-2-9(29)5-27)13(20)12(15(16)22)18(32)24-3-10(30)6-28/h8-10,26-30H,2-7H2,1H3,(H,23,31)(H,24,32)(H,25,33). The summed E-state index contributed by atoms with van der Waals surface area (Å²) >= 11 is 5.48. The maximum Gasteiger partial charge on any atom is 0.411 e. The van der Waals surface area contributed by atoms with Gasteiger partial charge in [0, 0.05) is 29.2 Å². The summed E-state index contributed by atoms with van der Waals surface area (Å²) in [6.45, 7) is -0.181. The molecule has 34 heavy (non-hydrogen) atoms. The minimum Gasteiger partial charge on any atom is -0.449 e. The summed E-state index contributed by atoms with van der Waals surface area (Å²) in [6, 6.07) is 0. The van der Waals surface area contributed by atoms with Crippen LogP contribution in [0.2, 0.25) is 0 Å². The van der Waals surface area contributed by atoms with Gasteiger partial charge in [0.2, 0.25) is 0 Å². The van der Waals surface area contributed by atoms with Crippen molar-refractivity contribution in [2.45, 2.75) is 19.1 Å². The first-order chi connectivity index (χ1) is 16.0. The number of nitrogens with one attached hydrogen (secondary N) is 3. The first-order valence-corrected chi connectivity index (χ1v) is 13.1. The number of ether oxygens (including phenoxy) is 1. The molecule has 3 amide bonds. The quantitative estimate of drug-likeness (QED) is 0.132. The van der Waals surface area contributed by atoms with Crippen LogP contribution in [0.25, 0.3) is 0 Å². The van der Waals surface area contributed by atoms with E-state index in [4.69, 9.17) is 20.1 Å². The zero-order valence-corrected chi connectivity index (χ0v) is 24.5. The van der Waals surface area contributed by atoms with Crippen molar-refractivity contribution >= 4 is 91.4 Å². The van der Waals surface area contributed by atoms with Crippen LogP contribution < -0.4 is 16.0 Å². The Bertz CT molecular complexity index is 835. The molecule has 0 aromatic heterocycles. The monoisotopic (exact) mass is 821 g/mol. The predicted octanol–water partition coefficient (Wildman–Crippen LogP) is -0.157. The second-order valence-corrected chi connectivity index (χ2v) is 10.4. The van der Waals surface area contributed by atoms with Gasteiger partial charge >= 0.3 is 6.09 Å². The molecule has 0 aliphatic rings. The minimum atomic E-state index is -1.19. The van der Waals surface area contributed by atoms with Gasteiger partial charge in [0.25, 0.3) is 11.8 Å². The highest BCUT2D eigenvalue weighted by Gasteiger charge is 2.29. The first-order valence-electron chi connectivity index (χ1n) is 9.87. The van der Waals surface area contributed by atoms with Gasteiger partial charge in [-0.2, -0.15) is 0 Å². The zero-order chi connectivity index (χ0) is 26.0. The predicted molar refractivity (Wildman–Crippen MR) is 147 cm³/mol. The molecule has 12 nitrogen and oxygen atoms in total. The topological polar surface area (TPSA) is 198 Å². The number of aliphatic hydroxyl groups excluding tert-OH is 5. The van der Waals surface area contributed by atoms with E-state index in [-0.39, 0.29) is 52.6 Å². The van der Waals surface area contributed by atoms with Crippen LogP contribution in [0.3, 0.4) is 0 Å². The maximum atomic E-state index is 12.9. The Morgan fingerprint density at radius 1 is 0.824 bits per heavy atom. The molecule has 0 spiro atoms. The van der Waals surface area contributed by atoms with E-state index in [1.807, 2.05) is 67.8 Å². The van der Waals surface area contributed by atoms with Gasteiger partial charge in [0.05, 0.1) is 56.0 Å². The summed E-state index contributed by atoms with van der Waals surface area (Å²) in [7, 11) is 0. The van der Waals surface area contributed by atoms with Crippen LogP contribution in [0.4, 0.5) is 10.5 Å². The molecule has 1 aromatic carbocycles. The van der Waals surface area contributed by atoms with Gasteiger partial charge in [0.15, 0.2) is 0 Å². The fraction of sp³-hybridized carbons (Fsp3) is 0.526. The molecule has 15 heteroatoms. The number of benzene rings is 1. The average molecular weight is 821 g/mol. The first kappa shape index (κ1) is 31.4. The van der Waals surface area contributed by atoms with Crippen molar-refractivity contribution in [1.82, 2.24) is 10.6 Å². The van der Waals surface area contributed by atoms with Crippen LogP contribution in [-0.2, 0) is 4.74 Å². The minimum absolute atomic E-state index is 0.0404. The van der Waals surface area contributed by atoms with Crippen molar-refractivity contribution in [3.63, 3.8) is 0 Å². The Kier molecular flexibility index (Phi) is 14.4. The normalized spacial score (nSPS) is 13.6. The molecule has 0 saturated carbocycles. The van der Waals surface area contributed by atoms with Crippen molar-refractivity contribution < 1.29 is 44.7 Å². The molecule has 0 saturated heterocycles. The van der Waals surface area contributed by atoms with Crippen LogP contribution in [0, 0.1) is 16.6 Å². The van der Waals surface area contributed by atoms with Gasteiger partial charge in [0.1, 0.15) is 0 Å². The smallest absolute Gasteiger partial charge is 0.411 e. The van der Waals surface area contributed by atoms with Crippen LogP contribution >= 0.6 is 67.8 Å². The van der Waals surface area contributed by atoms with E-state index < -0.39 is 43.3 Å². The van der Waals surface area contributed by atoms with Gasteiger partial charge in [-0.15, -0.1) is 0 Å². The van der Waals surface area contributed by atoms with Gasteiger partial charge in [-0.3, -0.25) is 14.9 Å². The number of rotatable bonds is 12. The van der Waals surface area contributed by atoms with Crippen LogP contribution in [0.15, 0.2) is 0 Å². The second-order valence-electron chi connectivity index (χ2n) is 7.17. The van der Waals surface area contributed by atoms with E-state index >= 15 is 0 Å². The zero-order valence-electron chi connectivity index (χ0n) is 18.0. The molecular weight excluding hydrogens is 795 g/mol. The third-order valence-corrected chi connectivity index (χ3v) is 7.46. The maximum absolute atomic E-state index is 12.9. The fourth-order valence-corrected chi connectivity index (χ4v) is 6.72. The van der Waals surface area contributed by atoms with Gasteiger partial charge < -0.3 is 40.9 Å². The van der Waals surface area contributed by atoms with Crippen molar-refractivity contribution in [3.8, 4) is 0 Å². The van der Waals surface area contributed by atoms with E-state index in [2.05, 4.69) is 16.0 Å². The number of anilines is 1. The molecule has 1 rings (SSSR count). The molecule has 0 radical (unpaired) electrons. The van der Waals surface area contributed by atoms with E-state index in [0.29, 0.717) is 7.14 Å². The van der Waals surface area contributed by atoms with Crippen LogP contribution in [-0.4, -0.2) is 95.2 Å². The number of halogens is 3. The molecule has 8 N–H and O–H groups in total. The molecule has 192 valence electrons.